The van der Waals surface area contributed by atoms with E-state index in [9.17, 15) is 0 Å². The summed E-state index contributed by atoms with van der Waals surface area (Å²) in [6.07, 6.45) is 0. The minimum Gasteiger partial charge on any atom is -0.368 e. The number of rotatable bonds is 1. The molecule has 6 N–H and O–H groups in total. The van der Waals surface area contributed by atoms with Gasteiger partial charge in [0.2, 0.25) is 5.96 Å². The molecule has 0 amide bonds. The zero-order valence-corrected chi connectivity index (χ0v) is 3.57. The van der Waals surface area contributed by atoms with Crippen LogP contribution in [-0.4, -0.2) is 5.96 Å². The zero-order chi connectivity index (χ0) is 5.70. The van der Waals surface area contributed by atoms with Crippen LogP contribution in [-0.2, 0) is 0 Å². The Bertz CT molecular complexity index is 86.4. The summed E-state index contributed by atoms with van der Waals surface area (Å²) in [4.78, 5) is 0. The third kappa shape index (κ3) is 4.67. The monoisotopic (exact) mass is 102 g/mol. The van der Waals surface area contributed by atoms with E-state index in [0.717, 1.165) is 0 Å². The minimum absolute atomic E-state index is 0.158. The summed E-state index contributed by atoms with van der Waals surface area (Å²) in [5.41, 5.74) is 9.59. The van der Waals surface area contributed by atoms with Crippen LogP contribution in [0.15, 0.2) is 15.5 Å². The Hall–Kier alpha value is -1.33. The van der Waals surface area contributed by atoms with E-state index in [-0.39, 0.29) is 5.96 Å². The Morgan fingerprint density at radius 1 is 1.29 bits per heavy atom. The Labute approximate surface area is 40.0 Å². The fourth-order valence-corrected chi connectivity index (χ4v) is 0.0775. The fourth-order valence-electron chi connectivity index (χ4n) is 0.0775. The molecule has 0 aliphatic carbocycles. The normalized spacial score (nSPS) is 9.14. The molecule has 0 radical (unpaired) electrons. The van der Waals surface area contributed by atoms with E-state index in [2.05, 4.69) is 21.4 Å². The maximum absolute atomic E-state index is 4.80. The number of nitrogens with zero attached hydrogens (tertiary/aromatic N) is 3. The molecule has 0 aromatic carbocycles. The lowest BCUT2D eigenvalue weighted by Crippen LogP contribution is -2.21. The molecule has 0 aliphatic heterocycles. The lowest BCUT2D eigenvalue weighted by atomic mass is 11.1. The first-order valence-electron chi connectivity index (χ1n) is 1.46. The Morgan fingerprint density at radius 3 is 2.00 bits per heavy atom. The lowest BCUT2D eigenvalue weighted by molar-refractivity contribution is 0.950. The summed E-state index contributed by atoms with van der Waals surface area (Å²) in [5, 5.41) is 8.71. The van der Waals surface area contributed by atoms with E-state index in [1.165, 1.54) is 0 Å². The molecular formula is CH6N6. The van der Waals surface area contributed by atoms with Crippen LogP contribution in [0.4, 0.5) is 0 Å². The molecule has 0 spiro atoms. The second-order valence-corrected chi connectivity index (χ2v) is 0.730. The van der Waals surface area contributed by atoms with Crippen LogP contribution in [0.25, 0.3) is 0 Å². The van der Waals surface area contributed by atoms with Crippen molar-refractivity contribution in [3.8, 4) is 0 Å². The third-order valence-corrected chi connectivity index (χ3v) is 0.212. The molecule has 0 rings (SSSR count). The van der Waals surface area contributed by atoms with Crippen LogP contribution in [0, 0.1) is 0 Å². The number of guanidine groups is 1. The molecule has 0 saturated heterocycles. The fraction of sp³-hybridized carbons (Fsp3) is 0. The number of hydrogen-bond donors (Lipinski definition) is 3. The summed E-state index contributed by atoms with van der Waals surface area (Å²) in [6, 6.07) is 0. The Kier molecular flexibility index (Phi) is 2.34. The first kappa shape index (κ1) is 5.67. The van der Waals surface area contributed by atoms with Gasteiger partial charge in [0, 0.05) is 0 Å². The number of nitrogens with two attached hydrogens (primary N) is 3. The van der Waals surface area contributed by atoms with E-state index in [1.54, 1.807) is 0 Å². The second-order valence-electron chi connectivity index (χ2n) is 0.730. The van der Waals surface area contributed by atoms with Crippen LogP contribution in [0.5, 0.6) is 0 Å². The SMILES string of the molecule is NN=NN=C(N)N. The zero-order valence-electron chi connectivity index (χ0n) is 3.57. The van der Waals surface area contributed by atoms with Crippen molar-refractivity contribution in [1.29, 1.82) is 0 Å². The standard InChI is InChI=1S/CH6N6/c2-1(3)5-7-6-4/h(H2,4,7)(H4,2,3,5,6). The van der Waals surface area contributed by atoms with Crippen molar-refractivity contribution < 1.29 is 0 Å². The number of hydrogen-bond acceptors (Lipinski definition) is 2. The van der Waals surface area contributed by atoms with E-state index in [0.29, 0.717) is 0 Å². The van der Waals surface area contributed by atoms with Crippen molar-refractivity contribution in [2.24, 2.45) is 32.9 Å². The van der Waals surface area contributed by atoms with Gasteiger partial charge in [-0.25, -0.2) is 0 Å². The van der Waals surface area contributed by atoms with E-state index >= 15 is 0 Å². The molecule has 7 heavy (non-hydrogen) atoms. The second kappa shape index (κ2) is 2.88. The predicted molar refractivity (Wildman–Crippen MR) is 24.9 cm³/mol. The molecule has 0 atom stereocenters. The van der Waals surface area contributed by atoms with E-state index in [1.807, 2.05) is 0 Å². The Balaban J connectivity index is 3.46. The van der Waals surface area contributed by atoms with Gasteiger partial charge >= 0.3 is 0 Å². The van der Waals surface area contributed by atoms with Crippen LogP contribution >= 0.6 is 0 Å². The van der Waals surface area contributed by atoms with Crippen LogP contribution < -0.4 is 17.3 Å². The van der Waals surface area contributed by atoms with Crippen molar-refractivity contribution in [1.82, 2.24) is 0 Å². The predicted octanol–water partition coefficient (Wildman–Crippen LogP) is -1.50. The molecule has 0 unspecified atom stereocenters. The summed E-state index contributed by atoms with van der Waals surface area (Å²) in [7, 11) is 0. The van der Waals surface area contributed by atoms with Gasteiger partial charge in [0.05, 0.1) is 0 Å². The largest absolute Gasteiger partial charge is 0.368 e. The first-order chi connectivity index (χ1) is 3.27. The molecule has 6 nitrogen and oxygen atoms in total. The summed E-state index contributed by atoms with van der Waals surface area (Å²) in [5.74, 6) is 4.36. The average molecular weight is 102 g/mol. The van der Waals surface area contributed by atoms with Gasteiger partial charge in [-0.05, 0) is 5.22 Å². The van der Waals surface area contributed by atoms with Gasteiger partial charge in [0.1, 0.15) is 0 Å². The van der Waals surface area contributed by atoms with Gasteiger partial charge in [-0.2, -0.15) is 0 Å². The smallest absolute Gasteiger partial charge is 0.213 e. The average Bonchev–Trinajstić information content (AvgIpc) is 1.61. The van der Waals surface area contributed by atoms with Gasteiger partial charge < -0.3 is 17.3 Å². The highest BCUT2D eigenvalue weighted by molar-refractivity contribution is 5.75. The molecule has 0 aliphatic rings. The maximum atomic E-state index is 4.80. The summed E-state index contributed by atoms with van der Waals surface area (Å²) >= 11 is 0. The molecule has 0 fully saturated rings. The maximum Gasteiger partial charge on any atom is 0.213 e. The molecule has 0 aromatic rings. The van der Waals surface area contributed by atoms with Crippen molar-refractivity contribution >= 4 is 5.96 Å². The topological polar surface area (TPSA) is 115 Å². The highest BCUT2D eigenvalue weighted by Gasteiger charge is 1.69. The van der Waals surface area contributed by atoms with Gasteiger partial charge in [-0.15, -0.1) is 0 Å². The third-order valence-electron chi connectivity index (χ3n) is 0.212. The lowest BCUT2D eigenvalue weighted by Gasteiger charge is -1.77. The van der Waals surface area contributed by atoms with Gasteiger partial charge in [0.25, 0.3) is 0 Å². The van der Waals surface area contributed by atoms with Crippen LogP contribution in [0.2, 0.25) is 0 Å². The Morgan fingerprint density at radius 2 is 1.86 bits per heavy atom. The molecular weight excluding hydrogens is 96.1 g/mol. The van der Waals surface area contributed by atoms with Gasteiger partial charge in [0.15, 0.2) is 0 Å². The summed E-state index contributed by atoms with van der Waals surface area (Å²) < 4.78 is 0. The van der Waals surface area contributed by atoms with Crippen molar-refractivity contribution in [2.75, 3.05) is 0 Å². The molecule has 0 bridgehead atoms. The molecule has 40 valence electrons. The van der Waals surface area contributed by atoms with Crippen molar-refractivity contribution in [3.63, 3.8) is 0 Å². The van der Waals surface area contributed by atoms with E-state index < -0.39 is 0 Å². The van der Waals surface area contributed by atoms with Crippen molar-refractivity contribution in [3.05, 3.63) is 0 Å². The summed E-state index contributed by atoms with van der Waals surface area (Å²) in [6.45, 7) is 0. The molecule has 0 aromatic heterocycles. The molecule has 0 saturated carbocycles. The molecule has 0 heterocycles. The van der Waals surface area contributed by atoms with Crippen molar-refractivity contribution in [2.45, 2.75) is 0 Å². The van der Waals surface area contributed by atoms with Gasteiger partial charge in [-0.1, -0.05) is 10.3 Å². The minimum atomic E-state index is -0.158. The highest BCUT2D eigenvalue weighted by atomic mass is 15.5. The van der Waals surface area contributed by atoms with Crippen LogP contribution in [0.3, 0.4) is 0 Å². The quantitative estimate of drug-likeness (QED) is 0.123. The van der Waals surface area contributed by atoms with Crippen LogP contribution in [0.1, 0.15) is 0 Å². The van der Waals surface area contributed by atoms with Gasteiger partial charge in [-0.3, -0.25) is 0 Å². The molecule has 6 heteroatoms. The first-order valence-corrected chi connectivity index (χ1v) is 1.46. The highest BCUT2D eigenvalue weighted by Crippen LogP contribution is 1.64. The van der Waals surface area contributed by atoms with E-state index in [4.69, 9.17) is 11.5 Å².